The molecule has 5 nitrogen and oxygen atoms in total. The van der Waals surface area contributed by atoms with Gasteiger partial charge in [-0.15, -0.1) is 0 Å². The van der Waals surface area contributed by atoms with Crippen molar-refractivity contribution in [3.05, 3.63) is 60.2 Å². The zero-order chi connectivity index (χ0) is 17.4. The van der Waals surface area contributed by atoms with Crippen LogP contribution in [0.2, 0.25) is 0 Å². The van der Waals surface area contributed by atoms with E-state index in [4.69, 9.17) is 0 Å². The van der Waals surface area contributed by atoms with Crippen LogP contribution in [0.5, 0.6) is 0 Å². The maximum atomic E-state index is 11.9. The maximum absolute atomic E-state index is 11.9. The lowest BCUT2D eigenvalue weighted by molar-refractivity contribution is -0.116. The Hall–Kier alpha value is -2.66. The third-order valence-corrected chi connectivity index (χ3v) is 3.57. The molecule has 2 aromatic rings. The molecule has 3 N–H and O–H groups in total. The molecule has 2 rings (SSSR count). The van der Waals surface area contributed by atoms with Gasteiger partial charge in [0.05, 0.1) is 0 Å². The number of amides is 2. The van der Waals surface area contributed by atoms with Crippen molar-refractivity contribution in [2.75, 3.05) is 17.2 Å². The molecule has 2 amide bonds. The quantitative estimate of drug-likeness (QED) is 0.731. The zero-order valence-electron chi connectivity index (χ0n) is 14.0. The summed E-state index contributed by atoms with van der Waals surface area (Å²) in [6, 6.07) is 17.2. The lowest BCUT2D eigenvalue weighted by Crippen LogP contribution is -2.24. The van der Waals surface area contributed by atoms with Crippen LogP contribution in [0.15, 0.2) is 54.6 Å². The first-order valence-corrected chi connectivity index (χ1v) is 8.00. The van der Waals surface area contributed by atoms with E-state index >= 15 is 0 Å². The van der Waals surface area contributed by atoms with Gasteiger partial charge in [-0.2, -0.15) is 0 Å². The molecule has 1 unspecified atom stereocenters. The molecular weight excluding hydrogens is 302 g/mol. The molecule has 0 aliphatic rings. The third-order valence-electron chi connectivity index (χ3n) is 3.57. The molecule has 24 heavy (non-hydrogen) atoms. The van der Waals surface area contributed by atoms with E-state index in [2.05, 4.69) is 16.0 Å². The van der Waals surface area contributed by atoms with Gasteiger partial charge in [0.25, 0.3) is 0 Å². The van der Waals surface area contributed by atoms with Gasteiger partial charge >= 0.3 is 0 Å². The van der Waals surface area contributed by atoms with Crippen LogP contribution in [-0.4, -0.2) is 18.4 Å². The summed E-state index contributed by atoms with van der Waals surface area (Å²) in [6.07, 6.45) is 0.393. The van der Waals surface area contributed by atoms with Crippen molar-refractivity contribution in [1.82, 2.24) is 5.32 Å². The van der Waals surface area contributed by atoms with Crippen LogP contribution in [0.3, 0.4) is 0 Å². The van der Waals surface area contributed by atoms with E-state index in [1.54, 1.807) is 0 Å². The molecule has 0 aliphatic heterocycles. The Labute approximate surface area is 142 Å². The van der Waals surface area contributed by atoms with Crippen LogP contribution in [0.25, 0.3) is 0 Å². The van der Waals surface area contributed by atoms with E-state index in [0.717, 1.165) is 16.9 Å². The summed E-state index contributed by atoms with van der Waals surface area (Å²) in [4.78, 5) is 23.0. The summed E-state index contributed by atoms with van der Waals surface area (Å²) < 4.78 is 0. The van der Waals surface area contributed by atoms with Gasteiger partial charge in [0.1, 0.15) is 0 Å². The van der Waals surface area contributed by atoms with E-state index in [9.17, 15) is 9.59 Å². The molecule has 0 aromatic heterocycles. The number of anilines is 2. The molecule has 1 atom stereocenters. The fraction of sp³-hybridized carbons (Fsp3) is 0.263. The number of benzene rings is 2. The molecule has 0 bridgehead atoms. The highest BCUT2D eigenvalue weighted by atomic mass is 16.2. The van der Waals surface area contributed by atoms with E-state index in [1.807, 2.05) is 61.5 Å². The van der Waals surface area contributed by atoms with Crippen molar-refractivity contribution in [2.24, 2.45) is 0 Å². The summed E-state index contributed by atoms with van der Waals surface area (Å²) >= 11 is 0. The molecule has 5 heteroatoms. The molecule has 0 radical (unpaired) electrons. The second-order valence-corrected chi connectivity index (χ2v) is 5.65. The van der Waals surface area contributed by atoms with Gasteiger partial charge < -0.3 is 16.0 Å². The Morgan fingerprint density at radius 3 is 2.38 bits per heavy atom. The van der Waals surface area contributed by atoms with Crippen molar-refractivity contribution >= 4 is 23.2 Å². The Bertz CT molecular complexity index is 686. The summed E-state index contributed by atoms with van der Waals surface area (Å²) in [5, 5.41) is 8.95. The van der Waals surface area contributed by atoms with Crippen LogP contribution < -0.4 is 16.0 Å². The predicted octanol–water partition coefficient (Wildman–Crippen LogP) is 3.32. The van der Waals surface area contributed by atoms with Crippen LogP contribution >= 0.6 is 0 Å². The van der Waals surface area contributed by atoms with E-state index in [0.29, 0.717) is 13.0 Å². The number of para-hydroxylation sites is 1. The number of nitrogens with one attached hydrogen (secondary N) is 3. The molecule has 2 aromatic carbocycles. The highest BCUT2D eigenvalue weighted by Crippen LogP contribution is 2.17. The highest BCUT2D eigenvalue weighted by molar-refractivity contribution is 5.90. The molecule has 0 saturated carbocycles. The number of rotatable bonds is 7. The summed E-state index contributed by atoms with van der Waals surface area (Å²) in [7, 11) is 0. The molecule has 0 spiro atoms. The number of carbonyl (C=O) groups excluding carboxylic acids is 2. The lowest BCUT2D eigenvalue weighted by Gasteiger charge is -2.15. The van der Waals surface area contributed by atoms with Crippen molar-refractivity contribution in [3.63, 3.8) is 0 Å². The average Bonchev–Trinajstić information content (AvgIpc) is 2.55. The van der Waals surface area contributed by atoms with Crippen LogP contribution in [0, 0.1) is 0 Å². The third kappa shape index (κ3) is 5.85. The second-order valence-electron chi connectivity index (χ2n) is 5.65. The summed E-state index contributed by atoms with van der Waals surface area (Å²) in [5.41, 5.74) is 2.64. The van der Waals surface area contributed by atoms with Gasteiger partial charge in [-0.25, -0.2) is 0 Å². The number of hydrogen-bond acceptors (Lipinski definition) is 3. The minimum absolute atomic E-state index is 0.0205. The molecular formula is C19H23N3O2. The molecule has 0 heterocycles. The first-order valence-electron chi connectivity index (χ1n) is 8.00. The number of hydrogen-bond donors (Lipinski definition) is 3. The SMILES string of the molecule is CC(=O)Nc1cccc(C(C)NCCC(=O)Nc2ccccc2)c1. The normalized spacial score (nSPS) is 11.6. The van der Waals surface area contributed by atoms with Gasteiger partial charge in [0.2, 0.25) is 11.8 Å². The monoisotopic (exact) mass is 325 g/mol. The van der Waals surface area contributed by atoms with E-state index in [1.165, 1.54) is 6.92 Å². The topological polar surface area (TPSA) is 70.2 Å². The Morgan fingerprint density at radius 2 is 1.67 bits per heavy atom. The summed E-state index contributed by atoms with van der Waals surface area (Å²) in [6.45, 7) is 4.09. The lowest BCUT2D eigenvalue weighted by atomic mass is 10.1. The minimum atomic E-state index is -0.0923. The first-order chi connectivity index (χ1) is 11.5. The van der Waals surface area contributed by atoms with Crippen molar-refractivity contribution in [3.8, 4) is 0 Å². The number of carbonyl (C=O) groups is 2. The van der Waals surface area contributed by atoms with Gasteiger partial charge in [-0.05, 0) is 36.8 Å². The average molecular weight is 325 g/mol. The van der Waals surface area contributed by atoms with Crippen molar-refractivity contribution in [1.29, 1.82) is 0 Å². The zero-order valence-corrected chi connectivity index (χ0v) is 14.0. The summed E-state index contributed by atoms with van der Waals surface area (Å²) in [5.74, 6) is -0.113. The highest BCUT2D eigenvalue weighted by Gasteiger charge is 2.08. The van der Waals surface area contributed by atoms with Gasteiger partial charge in [-0.3, -0.25) is 9.59 Å². The van der Waals surface area contributed by atoms with Crippen molar-refractivity contribution in [2.45, 2.75) is 26.3 Å². The molecule has 0 fully saturated rings. The van der Waals surface area contributed by atoms with Crippen LogP contribution in [0.4, 0.5) is 11.4 Å². The van der Waals surface area contributed by atoms with Crippen LogP contribution in [-0.2, 0) is 9.59 Å². The Kier molecular flexibility index (Phi) is 6.51. The molecule has 126 valence electrons. The van der Waals surface area contributed by atoms with Crippen molar-refractivity contribution < 1.29 is 9.59 Å². The standard InChI is InChI=1S/C19H23N3O2/c1-14(16-7-6-10-18(13-16)21-15(2)23)20-12-11-19(24)22-17-8-4-3-5-9-17/h3-10,13-14,20H,11-12H2,1-2H3,(H,21,23)(H,22,24). The minimum Gasteiger partial charge on any atom is -0.326 e. The molecule has 0 aliphatic carbocycles. The largest absolute Gasteiger partial charge is 0.326 e. The van der Waals surface area contributed by atoms with Gasteiger partial charge in [0, 0.05) is 37.3 Å². The molecule has 0 saturated heterocycles. The Balaban J connectivity index is 1.79. The van der Waals surface area contributed by atoms with E-state index < -0.39 is 0 Å². The van der Waals surface area contributed by atoms with Gasteiger partial charge in [0.15, 0.2) is 0 Å². The smallest absolute Gasteiger partial charge is 0.225 e. The fourth-order valence-electron chi connectivity index (χ4n) is 2.35. The second kappa shape index (κ2) is 8.84. The first kappa shape index (κ1) is 17.7. The Morgan fingerprint density at radius 1 is 0.958 bits per heavy atom. The fourth-order valence-corrected chi connectivity index (χ4v) is 2.35. The maximum Gasteiger partial charge on any atom is 0.225 e. The predicted molar refractivity (Wildman–Crippen MR) is 96.9 cm³/mol. The van der Waals surface area contributed by atoms with E-state index in [-0.39, 0.29) is 17.9 Å². The van der Waals surface area contributed by atoms with Crippen LogP contribution in [0.1, 0.15) is 31.9 Å². The van der Waals surface area contributed by atoms with Gasteiger partial charge in [-0.1, -0.05) is 30.3 Å².